The van der Waals surface area contributed by atoms with Crippen molar-refractivity contribution >= 4 is 83.9 Å². The third-order valence-corrected chi connectivity index (χ3v) is 10.3. The Morgan fingerprint density at radius 3 is 2.00 bits per heavy atom. The summed E-state index contributed by atoms with van der Waals surface area (Å²) < 4.78 is 41.9. The van der Waals surface area contributed by atoms with E-state index in [-0.39, 0.29) is 20.2 Å². The first-order chi connectivity index (χ1) is 12.1. The number of benzene rings is 1. The van der Waals surface area contributed by atoms with Gasteiger partial charge >= 0.3 is 5.97 Å². The Morgan fingerprint density at radius 2 is 1.54 bits per heavy atom. The van der Waals surface area contributed by atoms with Crippen molar-refractivity contribution in [2.75, 3.05) is 0 Å². The molecule has 0 amide bonds. The largest absolute Gasteiger partial charge is 0.744 e. The van der Waals surface area contributed by atoms with Crippen molar-refractivity contribution in [1.82, 2.24) is 0 Å². The lowest BCUT2D eigenvalue weighted by atomic mass is 9.49. The standard InChI is InChI=1S/C17H17I3O5S/c18-11-4-12(19)15(26(22,23)24)13(20)14(11)25-16(21)17-5-8-1-9(6-17)3-10(2-8)7-17/h4,8-10H,1-3,5-7H2,(H,22,23,24)/p-1. The van der Waals surface area contributed by atoms with Gasteiger partial charge in [0.15, 0.2) is 5.75 Å². The van der Waals surface area contributed by atoms with Crippen LogP contribution in [0.15, 0.2) is 11.0 Å². The molecule has 0 heterocycles. The maximum atomic E-state index is 13.2. The monoisotopic (exact) mass is 713 g/mol. The highest BCUT2D eigenvalue weighted by atomic mass is 127. The molecule has 4 aliphatic rings. The topological polar surface area (TPSA) is 83.5 Å². The lowest BCUT2D eigenvalue weighted by Crippen LogP contribution is -2.51. The molecule has 0 unspecified atom stereocenters. The molecule has 4 bridgehead atoms. The van der Waals surface area contributed by atoms with E-state index >= 15 is 0 Å². The summed E-state index contributed by atoms with van der Waals surface area (Å²) in [6.45, 7) is 0. The minimum Gasteiger partial charge on any atom is -0.744 e. The minimum atomic E-state index is -4.64. The summed E-state index contributed by atoms with van der Waals surface area (Å²) in [5, 5.41) is 0. The second-order valence-electron chi connectivity index (χ2n) is 7.85. The number of hydrogen-bond acceptors (Lipinski definition) is 5. The normalized spacial score (nSPS) is 32.7. The fourth-order valence-electron chi connectivity index (χ4n) is 5.44. The van der Waals surface area contributed by atoms with Gasteiger partial charge in [0.1, 0.15) is 10.1 Å². The molecule has 0 spiro atoms. The van der Waals surface area contributed by atoms with E-state index in [1.807, 2.05) is 45.2 Å². The van der Waals surface area contributed by atoms with Crippen LogP contribution in [0.3, 0.4) is 0 Å². The average molecular weight is 713 g/mol. The third kappa shape index (κ3) is 3.45. The zero-order chi connectivity index (χ0) is 18.9. The van der Waals surface area contributed by atoms with Crippen LogP contribution in [0.2, 0.25) is 0 Å². The fraction of sp³-hybridized carbons (Fsp3) is 0.588. The van der Waals surface area contributed by atoms with Crippen LogP contribution in [0.1, 0.15) is 38.5 Å². The molecular formula is C17H16I3O5S-. The van der Waals surface area contributed by atoms with Crippen molar-refractivity contribution in [2.45, 2.75) is 43.4 Å². The van der Waals surface area contributed by atoms with Crippen molar-refractivity contribution < 1.29 is 22.5 Å². The Morgan fingerprint density at radius 1 is 1.04 bits per heavy atom. The van der Waals surface area contributed by atoms with Crippen LogP contribution in [-0.4, -0.2) is 18.9 Å². The van der Waals surface area contributed by atoms with E-state index in [9.17, 15) is 17.8 Å². The van der Waals surface area contributed by atoms with Crippen molar-refractivity contribution in [3.63, 3.8) is 0 Å². The maximum Gasteiger partial charge on any atom is 0.317 e. The van der Waals surface area contributed by atoms with Gasteiger partial charge in [-0.05, 0) is 130 Å². The lowest BCUT2D eigenvalue weighted by molar-refractivity contribution is -0.161. The Hall–Kier alpha value is 0.790. The van der Waals surface area contributed by atoms with Crippen LogP contribution in [-0.2, 0) is 14.9 Å². The Balaban J connectivity index is 1.69. The third-order valence-electron chi connectivity index (χ3n) is 6.00. The molecule has 142 valence electrons. The summed E-state index contributed by atoms with van der Waals surface area (Å²) in [6, 6.07) is 1.58. The molecule has 1 aromatic carbocycles. The number of hydrogen-bond donors (Lipinski definition) is 0. The molecule has 0 radical (unpaired) electrons. The Labute approximate surface area is 193 Å². The predicted molar refractivity (Wildman–Crippen MR) is 119 cm³/mol. The number of ether oxygens (including phenoxy) is 1. The highest BCUT2D eigenvalue weighted by Crippen LogP contribution is 2.60. The van der Waals surface area contributed by atoms with Gasteiger partial charge in [0, 0.05) is 3.57 Å². The van der Waals surface area contributed by atoms with E-state index in [0.29, 0.717) is 24.9 Å². The highest BCUT2D eigenvalue weighted by molar-refractivity contribution is 14.1. The molecule has 4 saturated carbocycles. The Kier molecular flexibility index (Phi) is 5.36. The molecule has 0 N–H and O–H groups in total. The molecule has 0 saturated heterocycles. The van der Waals surface area contributed by atoms with Gasteiger partial charge in [-0.3, -0.25) is 4.79 Å². The molecule has 26 heavy (non-hydrogen) atoms. The van der Waals surface area contributed by atoms with Gasteiger partial charge in [0.05, 0.1) is 17.5 Å². The van der Waals surface area contributed by atoms with Gasteiger partial charge in [-0.25, -0.2) is 8.42 Å². The summed E-state index contributed by atoms with van der Waals surface area (Å²) in [5.74, 6) is 1.80. The smallest absolute Gasteiger partial charge is 0.317 e. The molecule has 0 aromatic heterocycles. The van der Waals surface area contributed by atoms with E-state index in [1.54, 1.807) is 28.7 Å². The molecular weight excluding hydrogens is 697 g/mol. The van der Waals surface area contributed by atoms with Crippen molar-refractivity contribution in [2.24, 2.45) is 23.2 Å². The first-order valence-electron chi connectivity index (χ1n) is 8.45. The molecule has 0 atom stereocenters. The van der Waals surface area contributed by atoms with Crippen LogP contribution >= 0.6 is 67.8 Å². The SMILES string of the molecule is O=C(Oc1c(I)cc(I)c(S(=O)(=O)[O-])c1I)C12CC3CC(CC(C3)C1)C2. The second kappa shape index (κ2) is 6.94. The Bertz CT molecular complexity index is 861. The van der Waals surface area contributed by atoms with Crippen molar-refractivity contribution in [3.05, 3.63) is 16.8 Å². The van der Waals surface area contributed by atoms with Crippen molar-refractivity contribution in [1.29, 1.82) is 0 Å². The zero-order valence-electron chi connectivity index (χ0n) is 13.6. The van der Waals surface area contributed by atoms with Crippen LogP contribution in [0.4, 0.5) is 0 Å². The first-order valence-corrected chi connectivity index (χ1v) is 13.1. The summed E-state index contributed by atoms with van der Waals surface area (Å²) in [6.07, 6.45) is 6.31. The summed E-state index contributed by atoms with van der Waals surface area (Å²) >= 11 is 5.66. The first kappa shape index (κ1) is 20.1. The molecule has 9 heteroatoms. The number of esters is 1. The molecule has 4 fully saturated rings. The predicted octanol–water partition coefficient (Wildman–Crippen LogP) is 4.53. The average Bonchev–Trinajstić information content (AvgIpc) is 2.48. The number of rotatable bonds is 3. The number of halogens is 3. The van der Waals surface area contributed by atoms with E-state index in [1.165, 1.54) is 19.3 Å². The van der Waals surface area contributed by atoms with E-state index in [4.69, 9.17) is 4.74 Å². The van der Waals surface area contributed by atoms with E-state index < -0.39 is 15.5 Å². The molecule has 5 rings (SSSR count). The van der Waals surface area contributed by atoms with Crippen LogP contribution < -0.4 is 4.74 Å². The van der Waals surface area contributed by atoms with Crippen LogP contribution in [0.25, 0.3) is 0 Å². The number of carbonyl (C=O) groups excluding carboxylic acids is 1. The maximum absolute atomic E-state index is 13.2. The summed E-state index contributed by atoms with van der Waals surface area (Å²) in [4.78, 5) is 12.9. The molecule has 0 aliphatic heterocycles. The van der Waals surface area contributed by atoms with E-state index in [2.05, 4.69) is 0 Å². The van der Waals surface area contributed by atoms with Gasteiger partial charge in [-0.2, -0.15) is 0 Å². The van der Waals surface area contributed by atoms with Gasteiger partial charge in [-0.1, -0.05) is 0 Å². The molecule has 5 nitrogen and oxygen atoms in total. The fourth-order valence-corrected chi connectivity index (χ4v) is 11.3. The quantitative estimate of drug-likeness (QED) is 0.199. The molecule has 4 aliphatic carbocycles. The van der Waals surface area contributed by atoms with Gasteiger partial charge in [-0.15, -0.1) is 0 Å². The van der Waals surface area contributed by atoms with Crippen LogP contribution in [0, 0.1) is 33.9 Å². The van der Waals surface area contributed by atoms with Gasteiger partial charge < -0.3 is 9.29 Å². The highest BCUT2D eigenvalue weighted by Gasteiger charge is 2.55. The minimum absolute atomic E-state index is 0.201. The zero-order valence-corrected chi connectivity index (χ0v) is 20.9. The van der Waals surface area contributed by atoms with E-state index in [0.717, 1.165) is 19.3 Å². The van der Waals surface area contributed by atoms with Crippen LogP contribution in [0.5, 0.6) is 5.75 Å². The summed E-state index contributed by atoms with van der Waals surface area (Å²) in [5.41, 5.74) is -0.430. The van der Waals surface area contributed by atoms with Gasteiger partial charge in [0.25, 0.3) is 0 Å². The summed E-state index contributed by atoms with van der Waals surface area (Å²) in [7, 11) is -4.64. The second-order valence-corrected chi connectivity index (χ2v) is 12.6. The lowest BCUT2D eigenvalue weighted by Gasteiger charge is -2.55. The molecule has 1 aromatic rings. The van der Waals surface area contributed by atoms with Gasteiger partial charge in [0.2, 0.25) is 0 Å². The van der Waals surface area contributed by atoms with Crippen molar-refractivity contribution in [3.8, 4) is 5.75 Å². The number of carbonyl (C=O) groups is 1.